The third kappa shape index (κ3) is 7.29. The summed E-state index contributed by atoms with van der Waals surface area (Å²) in [6.07, 6.45) is 5.26. The number of rotatable bonds is 8. The maximum Gasteiger partial charge on any atom is 0.193 e. The Labute approximate surface area is 191 Å². The zero-order valence-electron chi connectivity index (χ0n) is 17.8. The largest absolute Gasteiger partial charge is 0.376 e. The fourth-order valence-corrected chi connectivity index (χ4v) is 3.55. The number of aromatic nitrogens is 2. The van der Waals surface area contributed by atoms with Gasteiger partial charge >= 0.3 is 0 Å². The van der Waals surface area contributed by atoms with Crippen LogP contribution >= 0.6 is 24.0 Å². The molecule has 2 aromatic rings. The molecule has 160 valence electrons. The number of ether oxygens (including phenoxy) is 1. The molecule has 0 radical (unpaired) electrons. The van der Waals surface area contributed by atoms with Crippen LogP contribution in [0.15, 0.2) is 47.7 Å². The number of halogens is 1. The van der Waals surface area contributed by atoms with Crippen molar-refractivity contribution in [3.05, 3.63) is 53.9 Å². The minimum Gasteiger partial charge on any atom is -0.376 e. The van der Waals surface area contributed by atoms with Crippen LogP contribution in [0.5, 0.6) is 0 Å². The topological polar surface area (TPSA) is 54.7 Å². The fourth-order valence-electron chi connectivity index (χ4n) is 3.55. The lowest BCUT2D eigenvalue weighted by atomic mass is 10.0. The first-order chi connectivity index (χ1) is 13.7. The second kappa shape index (κ2) is 12.2. The van der Waals surface area contributed by atoms with E-state index in [1.54, 1.807) is 0 Å². The Morgan fingerprint density at radius 3 is 2.83 bits per heavy atom. The molecule has 1 fully saturated rings. The number of nitrogens with zero attached hydrogens (tertiary/aromatic N) is 4. The molecule has 7 heteroatoms. The molecular weight excluding hydrogens is 477 g/mol. The fraction of sp³-hybridized carbons (Fsp3) is 0.545. The van der Waals surface area contributed by atoms with E-state index in [1.165, 1.54) is 11.1 Å². The van der Waals surface area contributed by atoms with Crippen molar-refractivity contribution in [3.63, 3.8) is 0 Å². The molecule has 2 heterocycles. The van der Waals surface area contributed by atoms with Crippen LogP contribution in [0.2, 0.25) is 0 Å². The molecule has 1 aromatic carbocycles. The van der Waals surface area contributed by atoms with Crippen molar-refractivity contribution < 1.29 is 4.74 Å². The quantitative estimate of drug-likeness (QED) is 0.334. The van der Waals surface area contributed by atoms with Crippen molar-refractivity contribution in [2.24, 2.45) is 18.0 Å². The van der Waals surface area contributed by atoms with Crippen molar-refractivity contribution >= 4 is 29.9 Å². The van der Waals surface area contributed by atoms with Crippen molar-refractivity contribution in [2.45, 2.75) is 32.8 Å². The van der Waals surface area contributed by atoms with Gasteiger partial charge in [-0.25, -0.2) is 0 Å². The summed E-state index contributed by atoms with van der Waals surface area (Å²) in [7, 11) is 1.98. The molecule has 1 aliphatic heterocycles. The second-order valence-electron chi connectivity index (χ2n) is 7.68. The highest BCUT2D eigenvalue weighted by Crippen LogP contribution is 2.26. The lowest BCUT2D eigenvalue weighted by Gasteiger charge is -2.22. The van der Waals surface area contributed by atoms with Gasteiger partial charge in [-0.3, -0.25) is 9.67 Å². The van der Waals surface area contributed by atoms with Crippen LogP contribution in [0.3, 0.4) is 0 Å². The van der Waals surface area contributed by atoms with Crippen molar-refractivity contribution in [1.82, 2.24) is 20.0 Å². The van der Waals surface area contributed by atoms with Crippen LogP contribution in [0, 0.1) is 5.92 Å². The van der Waals surface area contributed by atoms with Gasteiger partial charge in [-0.2, -0.15) is 5.10 Å². The standard InChI is InChI=1S/C22H33N5O.HI/c1-4-23-22(27-11-10-20(15-27)21-13-25-26(3)14-21)24-12-18(2)16-28-17-19-8-6-5-7-9-19;/h5-9,13-14,18,20H,4,10-12,15-17H2,1-3H3,(H,23,24);1H. The molecule has 3 rings (SSSR count). The average Bonchev–Trinajstić information content (AvgIpc) is 3.35. The van der Waals surface area contributed by atoms with Gasteiger partial charge in [0.1, 0.15) is 0 Å². The second-order valence-corrected chi connectivity index (χ2v) is 7.68. The van der Waals surface area contributed by atoms with Crippen molar-refractivity contribution in [3.8, 4) is 0 Å². The Morgan fingerprint density at radius 2 is 2.14 bits per heavy atom. The third-order valence-electron chi connectivity index (χ3n) is 5.09. The van der Waals surface area contributed by atoms with Crippen molar-refractivity contribution in [1.29, 1.82) is 0 Å². The normalized spacial score (nSPS) is 17.8. The highest BCUT2D eigenvalue weighted by atomic mass is 127. The Morgan fingerprint density at radius 1 is 1.34 bits per heavy atom. The van der Waals surface area contributed by atoms with Gasteiger partial charge in [-0.05, 0) is 30.4 Å². The first kappa shape index (κ1) is 23.7. The van der Waals surface area contributed by atoms with Gasteiger partial charge in [-0.15, -0.1) is 24.0 Å². The lowest BCUT2D eigenvalue weighted by Crippen LogP contribution is -2.40. The summed E-state index contributed by atoms with van der Waals surface area (Å²) in [6.45, 7) is 9.37. The lowest BCUT2D eigenvalue weighted by molar-refractivity contribution is 0.0944. The highest BCUT2D eigenvalue weighted by Gasteiger charge is 2.26. The molecule has 1 saturated heterocycles. The predicted octanol–water partition coefficient (Wildman–Crippen LogP) is 3.65. The number of likely N-dealkylation sites (tertiary alicyclic amines) is 1. The van der Waals surface area contributed by atoms with Gasteiger partial charge in [0.2, 0.25) is 0 Å². The number of benzene rings is 1. The van der Waals surface area contributed by atoms with Gasteiger partial charge in [0.05, 0.1) is 19.4 Å². The Bertz CT molecular complexity index is 749. The summed E-state index contributed by atoms with van der Waals surface area (Å²) in [4.78, 5) is 7.26. The molecule has 0 aliphatic carbocycles. The van der Waals surface area contributed by atoms with Gasteiger partial charge < -0.3 is 15.0 Å². The molecule has 0 amide bonds. The molecule has 1 aliphatic rings. The minimum atomic E-state index is 0. The Hall–Kier alpha value is -1.61. The summed E-state index contributed by atoms with van der Waals surface area (Å²) in [5, 5.41) is 7.77. The molecule has 0 spiro atoms. The van der Waals surface area contributed by atoms with Crippen LogP contribution in [-0.2, 0) is 18.4 Å². The SMILES string of the molecule is CCNC(=NCC(C)COCc1ccccc1)N1CCC(c2cnn(C)c2)C1.I. The van der Waals surface area contributed by atoms with E-state index >= 15 is 0 Å². The zero-order valence-corrected chi connectivity index (χ0v) is 20.1. The van der Waals surface area contributed by atoms with E-state index in [2.05, 4.69) is 47.5 Å². The molecule has 6 nitrogen and oxygen atoms in total. The average molecular weight is 511 g/mol. The number of hydrogen-bond acceptors (Lipinski definition) is 3. The van der Waals surface area contributed by atoms with E-state index in [1.807, 2.05) is 36.1 Å². The molecular formula is C22H34IN5O. The summed E-state index contributed by atoms with van der Waals surface area (Å²) >= 11 is 0. The van der Waals surface area contributed by atoms with Crippen LogP contribution in [0.4, 0.5) is 0 Å². The predicted molar refractivity (Wildman–Crippen MR) is 129 cm³/mol. The molecule has 29 heavy (non-hydrogen) atoms. The van der Waals surface area contributed by atoms with E-state index in [0.717, 1.165) is 45.2 Å². The van der Waals surface area contributed by atoms with Crippen LogP contribution in [-0.4, -0.2) is 53.4 Å². The first-order valence-corrected chi connectivity index (χ1v) is 10.3. The van der Waals surface area contributed by atoms with E-state index in [0.29, 0.717) is 18.4 Å². The number of aryl methyl sites for hydroxylation is 1. The summed E-state index contributed by atoms with van der Waals surface area (Å²) in [5.41, 5.74) is 2.54. The van der Waals surface area contributed by atoms with E-state index in [9.17, 15) is 0 Å². The number of hydrogen-bond donors (Lipinski definition) is 1. The molecule has 1 N–H and O–H groups in total. The monoisotopic (exact) mass is 511 g/mol. The van der Waals surface area contributed by atoms with Crippen LogP contribution in [0.25, 0.3) is 0 Å². The number of guanidine groups is 1. The molecule has 0 bridgehead atoms. The third-order valence-corrected chi connectivity index (χ3v) is 5.09. The van der Waals surface area contributed by atoms with Gasteiger partial charge in [0.15, 0.2) is 5.96 Å². The number of aliphatic imine (C=N–C) groups is 1. The van der Waals surface area contributed by atoms with E-state index in [4.69, 9.17) is 9.73 Å². The number of nitrogens with one attached hydrogen (secondary N) is 1. The maximum atomic E-state index is 5.86. The minimum absolute atomic E-state index is 0. The van der Waals surface area contributed by atoms with Gasteiger partial charge in [0.25, 0.3) is 0 Å². The zero-order chi connectivity index (χ0) is 19.8. The highest BCUT2D eigenvalue weighted by molar-refractivity contribution is 14.0. The Balaban J connectivity index is 0.00000300. The first-order valence-electron chi connectivity index (χ1n) is 10.3. The van der Waals surface area contributed by atoms with Crippen molar-refractivity contribution in [2.75, 3.05) is 32.8 Å². The smallest absolute Gasteiger partial charge is 0.193 e. The molecule has 0 saturated carbocycles. The van der Waals surface area contributed by atoms with Crippen LogP contribution < -0.4 is 5.32 Å². The van der Waals surface area contributed by atoms with E-state index in [-0.39, 0.29) is 24.0 Å². The maximum absolute atomic E-state index is 5.86. The molecule has 1 aromatic heterocycles. The molecule has 2 unspecified atom stereocenters. The summed E-state index contributed by atoms with van der Waals surface area (Å²) < 4.78 is 7.75. The summed E-state index contributed by atoms with van der Waals surface area (Å²) in [6, 6.07) is 10.3. The van der Waals surface area contributed by atoms with Gasteiger partial charge in [-0.1, -0.05) is 37.3 Å². The van der Waals surface area contributed by atoms with E-state index < -0.39 is 0 Å². The molecule has 2 atom stereocenters. The van der Waals surface area contributed by atoms with Crippen LogP contribution in [0.1, 0.15) is 37.3 Å². The Kier molecular flexibility index (Phi) is 9.93. The summed E-state index contributed by atoms with van der Waals surface area (Å²) in [5.74, 6) is 1.93. The van der Waals surface area contributed by atoms with Gasteiger partial charge in [0, 0.05) is 45.3 Å².